The summed E-state index contributed by atoms with van der Waals surface area (Å²) in [5.41, 5.74) is 3.47. The molecule has 0 aliphatic heterocycles. The van der Waals surface area contributed by atoms with E-state index >= 15 is 0 Å². The average Bonchev–Trinajstić information content (AvgIpc) is 2.76. The molecule has 0 saturated heterocycles. The van der Waals surface area contributed by atoms with Gasteiger partial charge in [-0.2, -0.15) is 0 Å². The van der Waals surface area contributed by atoms with Crippen LogP contribution in [0.3, 0.4) is 0 Å². The van der Waals surface area contributed by atoms with Crippen LogP contribution in [-0.2, 0) is 19.3 Å². The molecule has 0 saturated carbocycles. The highest BCUT2D eigenvalue weighted by Crippen LogP contribution is 2.34. The van der Waals surface area contributed by atoms with Crippen LogP contribution >= 0.6 is 11.3 Å². The molecular weight excluding hydrogens is 262 g/mol. The number of hydrogen-bond donors (Lipinski definition) is 0. The van der Waals surface area contributed by atoms with E-state index < -0.39 is 0 Å². The highest BCUT2D eigenvalue weighted by molar-refractivity contribution is 7.12. The van der Waals surface area contributed by atoms with E-state index in [0.29, 0.717) is 0 Å². The zero-order chi connectivity index (χ0) is 14.4. The van der Waals surface area contributed by atoms with Gasteiger partial charge in [-0.3, -0.25) is 0 Å². The van der Waals surface area contributed by atoms with Gasteiger partial charge in [0, 0.05) is 9.75 Å². The normalized spacial score (nSPS) is 14.8. The minimum absolute atomic E-state index is 1.27. The second-order valence-corrected chi connectivity index (χ2v) is 7.50. The maximum absolute atomic E-state index is 2.65. The van der Waals surface area contributed by atoms with Crippen molar-refractivity contribution in [3.63, 3.8) is 0 Å². The molecule has 0 aromatic carbocycles. The summed E-state index contributed by atoms with van der Waals surface area (Å²) in [5, 5.41) is 0. The summed E-state index contributed by atoms with van der Waals surface area (Å²) in [5.74, 6) is 0. The van der Waals surface area contributed by atoms with Gasteiger partial charge in [0.15, 0.2) is 0 Å². The van der Waals surface area contributed by atoms with Crippen molar-refractivity contribution in [2.75, 3.05) is 19.6 Å². The lowest BCUT2D eigenvalue weighted by Gasteiger charge is -2.21. The Kier molecular flexibility index (Phi) is 6.57. The van der Waals surface area contributed by atoms with Crippen molar-refractivity contribution in [2.45, 2.75) is 72.1 Å². The Hall–Kier alpha value is -0.340. The molecule has 0 radical (unpaired) electrons. The topological polar surface area (TPSA) is 3.24 Å². The summed E-state index contributed by atoms with van der Waals surface area (Å²) in [6.07, 6.45) is 10.7. The highest BCUT2D eigenvalue weighted by atomic mass is 32.1. The third kappa shape index (κ3) is 4.08. The quantitative estimate of drug-likeness (QED) is 0.652. The summed E-state index contributed by atoms with van der Waals surface area (Å²) in [6.45, 7) is 10.8. The van der Waals surface area contributed by atoms with E-state index in [1.54, 1.807) is 20.9 Å². The van der Waals surface area contributed by atoms with Gasteiger partial charge in [0.05, 0.1) is 0 Å². The fourth-order valence-electron chi connectivity index (χ4n) is 3.54. The SMILES string of the molecule is CCCN(CCC)CCCc1c(C)sc2c1CCCC2. The maximum Gasteiger partial charge on any atom is 0.00829 e. The minimum atomic E-state index is 1.27. The van der Waals surface area contributed by atoms with Crippen LogP contribution in [0.15, 0.2) is 0 Å². The van der Waals surface area contributed by atoms with Crippen LogP contribution in [0.1, 0.15) is 66.8 Å². The number of aryl methyl sites for hydroxylation is 2. The minimum Gasteiger partial charge on any atom is -0.303 e. The van der Waals surface area contributed by atoms with Crippen LogP contribution < -0.4 is 0 Å². The first kappa shape index (κ1) is 16.0. The molecule has 0 N–H and O–H groups in total. The number of thiophene rings is 1. The summed E-state index contributed by atoms with van der Waals surface area (Å²) < 4.78 is 0. The van der Waals surface area contributed by atoms with Crippen LogP contribution in [0.2, 0.25) is 0 Å². The monoisotopic (exact) mass is 293 g/mol. The third-order valence-corrected chi connectivity index (χ3v) is 5.71. The summed E-state index contributed by atoms with van der Waals surface area (Å²) in [4.78, 5) is 5.96. The molecule has 0 atom stereocenters. The van der Waals surface area contributed by atoms with Gasteiger partial charge in [-0.1, -0.05) is 13.8 Å². The number of nitrogens with zero attached hydrogens (tertiary/aromatic N) is 1. The first-order valence-electron chi connectivity index (χ1n) is 8.58. The molecule has 2 rings (SSSR count). The zero-order valence-corrected chi connectivity index (χ0v) is 14.5. The number of hydrogen-bond acceptors (Lipinski definition) is 2. The third-order valence-electron chi connectivity index (χ3n) is 4.46. The van der Waals surface area contributed by atoms with Crippen LogP contribution in [-0.4, -0.2) is 24.5 Å². The van der Waals surface area contributed by atoms with Gasteiger partial charge >= 0.3 is 0 Å². The van der Waals surface area contributed by atoms with E-state index in [1.807, 2.05) is 0 Å². The van der Waals surface area contributed by atoms with Crippen LogP contribution in [0, 0.1) is 6.92 Å². The van der Waals surface area contributed by atoms with Crippen molar-refractivity contribution in [3.8, 4) is 0 Å². The Morgan fingerprint density at radius 2 is 1.70 bits per heavy atom. The smallest absolute Gasteiger partial charge is 0.00829 e. The molecule has 1 aromatic rings. The lowest BCUT2D eigenvalue weighted by atomic mass is 9.93. The Bertz CT molecular complexity index is 402. The van der Waals surface area contributed by atoms with Crippen LogP contribution in [0.4, 0.5) is 0 Å². The van der Waals surface area contributed by atoms with Gasteiger partial charge in [-0.25, -0.2) is 0 Å². The Balaban J connectivity index is 1.89. The summed E-state index contributed by atoms with van der Waals surface area (Å²) in [7, 11) is 0. The summed E-state index contributed by atoms with van der Waals surface area (Å²) >= 11 is 2.08. The van der Waals surface area contributed by atoms with Crippen molar-refractivity contribution in [3.05, 3.63) is 20.9 Å². The van der Waals surface area contributed by atoms with E-state index in [9.17, 15) is 0 Å². The Morgan fingerprint density at radius 1 is 1.00 bits per heavy atom. The fraction of sp³-hybridized carbons (Fsp3) is 0.778. The molecule has 0 unspecified atom stereocenters. The van der Waals surface area contributed by atoms with E-state index in [0.717, 1.165) is 0 Å². The molecule has 1 aliphatic rings. The molecule has 0 amide bonds. The first-order chi connectivity index (χ1) is 9.76. The molecule has 0 spiro atoms. The predicted molar refractivity (Wildman–Crippen MR) is 91.0 cm³/mol. The molecule has 114 valence electrons. The number of rotatable bonds is 8. The van der Waals surface area contributed by atoms with Gasteiger partial charge in [0.2, 0.25) is 0 Å². The fourth-order valence-corrected chi connectivity index (χ4v) is 4.86. The van der Waals surface area contributed by atoms with E-state index in [-0.39, 0.29) is 0 Å². The Morgan fingerprint density at radius 3 is 2.40 bits per heavy atom. The second kappa shape index (κ2) is 8.19. The van der Waals surface area contributed by atoms with Gasteiger partial charge in [0.1, 0.15) is 0 Å². The van der Waals surface area contributed by atoms with Gasteiger partial charge in [0.25, 0.3) is 0 Å². The first-order valence-corrected chi connectivity index (χ1v) is 9.40. The molecule has 0 bridgehead atoms. The van der Waals surface area contributed by atoms with Crippen molar-refractivity contribution < 1.29 is 0 Å². The van der Waals surface area contributed by atoms with Crippen molar-refractivity contribution >= 4 is 11.3 Å². The standard InChI is InChI=1S/C18H31NS/c1-4-12-19(13-5-2)14-8-10-16-15(3)20-18-11-7-6-9-17(16)18/h4-14H2,1-3H3. The van der Waals surface area contributed by atoms with Crippen LogP contribution in [0.5, 0.6) is 0 Å². The maximum atomic E-state index is 2.65. The van der Waals surface area contributed by atoms with Crippen molar-refractivity contribution in [2.24, 2.45) is 0 Å². The Labute approximate surface area is 129 Å². The largest absolute Gasteiger partial charge is 0.303 e. The lowest BCUT2D eigenvalue weighted by molar-refractivity contribution is 0.271. The van der Waals surface area contributed by atoms with Crippen molar-refractivity contribution in [1.29, 1.82) is 0 Å². The predicted octanol–water partition coefficient (Wildman–Crippen LogP) is 4.99. The molecule has 1 aromatic heterocycles. The van der Waals surface area contributed by atoms with Crippen molar-refractivity contribution in [1.82, 2.24) is 4.90 Å². The average molecular weight is 294 g/mol. The highest BCUT2D eigenvalue weighted by Gasteiger charge is 2.18. The zero-order valence-electron chi connectivity index (χ0n) is 13.6. The van der Waals surface area contributed by atoms with E-state index in [4.69, 9.17) is 0 Å². The summed E-state index contributed by atoms with van der Waals surface area (Å²) in [6, 6.07) is 0. The molecule has 1 nitrogen and oxygen atoms in total. The molecular formula is C18H31NS. The molecule has 20 heavy (non-hydrogen) atoms. The van der Waals surface area contributed by atoms with E-state index in [1.165, 1.54) is 71.0 Å². The molecule has 1 aliphatic carbocycles. The molecule has 0 fully saturated rings. The van der Waals surface area contributed by atoms with E-state index in [2.05, 4.69) is 37.0 Å². The van der Waals surface area contributed by atoms with Gasteiger partial charge < -0.3 is 4.90 Å². The van der Waals surface area contributed by atoms with Gasteiger partial charge in [-0.15, -0.1) is 11.3 Å². The van der Waals surface area contributed by atoms with Crippen LogP contribution in [0.25, 0.3) is 0 Å². The van der Waals surface area contributed by atoms with Gasteiger partial charge in [-0.05, 0) is 89.1 Å². The molecule has 2 heteroatoms. The lowest BCUT2D eigenvalue weighted by Crippen LogP contribution is -2.27. The molecule has 1 heterocycles. The second-order valence-electron chi connectivity index (χ2n) is 6.19. The number of fused-ring (bicyclic) bond motifs is 1.